The standard InChI is InChI=1S/C13H18F3N3O2/c1-4-19(5-2)11-9(14)12(16)18-13(10(11)15)17-7-8(20)21-6-3/h4-7H2,1-3H3,(H,17,18). The molecule has 0 saturated carbocycles. The Kier molecular flexibility index (Phi) is 6.26. The number of anilines is 2. The number of pyridine rings is 1. The van der Waals surface area contributed by atoms with E-state index >= 15 is 0 Å². The van der Waals surface area contributed by atoms with Crippen molar-refractivity contribution >= 4 is 17.5 Å². The van der Waals surface area contributed by atoms with Crippen LogP contribution < -0.4 is 10.2 Å². The Hall–Kier alpha value is -1.99. The quantitative estimate of drug-likeness (QED) is 0.619. The maximum absolute atomic E-state index is 14.2. The van der Waals surface area contributed by atoms with Crippen molar-refractivity contribution in [3.05, 3.63) is 17.6 Å². The number of hydrogen-bond acceptors (Lipinski definition) is 5. The molecular weight excluding hydrogens is 287 g/mol. The van der Waals surface area contributed by atoms with Crippen LogP contribution >= 0.6 is 0 Å². The molecule has 8 heteroatoms. The molecule has 5 nitrogen and oxygen atoms in total. The summed E-state index contributed by atoms with van der Waals surface area (Å²) in [6.45, 7) is 5.36. The number of hydrogen-bond donors (Lipinski definition) is 1. The van der Waals surface area contributed by atoms with Crippen LogP contribution in [0.2, 0.25) is 0 Å². The van der Waals surface area contributed by atoms with Crippen LogP contribution in [-0.4, -0.2) is 37.2 Å². The number of carbonyl (C=O) groups excluding carboxylic acids is 1. The van der Waals surface area contributed by atoms with E-state index in [0.717, 1.165) is 0 Å². The summed E-state index contributed by atoms with van der Waals surface area (Å²) in [5.74, 6) is -4.99. The van der Waals surface area contributed by atoms with Gasteiger partial charge in [0, 0.05) is 13.1 Å². The summed E-state index contributed by atoms with van der Waals surface area (Å²) in [7, 11) is 0. The summed E-state index contributed by atoms with van der Waals surface area (Å²) in [4.78, 5) is 15.7. The lowest BCUT2D eigenvalue weighted by atomic mass is 10.3. The zero-order valence-electron chi connectivity index (χ0n) is 12.2. The Morgan fingerprint density at radius 2 is 1.81 bits per heavy atom. The van der Waals surface area contributed by atoms with E-state index in [-0.39, 0.29) is 13.2 Å². The highest BCUT2D eigenvalue weighted by Gasteiger charge is 2.24. The van der Waals surface area contributed by atoms with E-state index < -0.39 is 35.1 Å². The number of aromatic nitrogens is 1. The number of nitrogens with one attached hydrogen (secondary N) is 1. The van der Waals surface area contributed by atoms with E-state index in [2.05, 4.69) is 15.0 Å². The van der Waals surface area contributed by atoms with Gasteiger partial charge in [-0.05, 0) is 20.8 Å². The summed E-state index contributed by atoms with van der Waals surface area (Å²) >= 11 is 0. The van der Waals surface area contributed by atoms with Crippen LogP contribution in [0.4, 0.5) is 24.7 Å². The first kappa shape index (κ1) is 17.1. The van der Waals surface area contributed by atoms with E-state index in [9.17, 15) is 18.0 Å². The first-order chi connectivity index (χ1) is 9.96. The fourth-order valence-electron chi connectivity index (χ4n) is 1.81. The number of nitrogens with zero attached hydrogens (tertiary/aromatic N) is 2. The number of ether oxygens (including phenoxy) is 1. The minimum absolute atomic E-state index is 0.166. The SMILES string of the molecule is CCOC(=O)CNc1nc(F)c(F)c(N(CC)CC)c1F. The molecule has 0 aliphatic rings. The van der Waals surface area contributed by atoms with Crippen molar-refractivity contribution in [3.8, 4) is 0 Å². The lowest BCUT2D eigenvalue weighted by Gasteiger charge is -2.23. The Bertz CT molecular complexity index is 508. The summed E-state index contributed by atoms with van der Waals surface area (Å²) < 4.78 is 46.1. The molecule has 0 aliphatic carbocycles. The molecule has 1 heterocycles. The zero-order valence-corrected chi connectivity index (χ0v) is 12.2. The van der Waals surface area contributed by atoms with Crippen LogP contribution in [-0.2, 0) is 9.53 Å². The topological polar surface area (TPSA) is 54.5 Å². The van der Waals surface area contributed by atoms with Gasteiger partial charge in [-0.2, -0.15) is 13.8 Å². The Balaban J connectivity index is 3.09. The lowest BCUT2D eigenvalue weighted by Crippen LogP contribution is -2.26. The Labute approximate surface area is 121 Å². The Morgan fingerprint density at radius 1 is 1.19 bits per heavy atom. The van der Waals surface area contributed by atoms with Gasteiger partial charge in [-0.1, -0.05) is 0 Å². The molecule has 1 rings (SSSR count). The van der Waals surface area contributed by atoms with E-state index in [0.29, 0.717) is 13.1 Å². The first-order valence-electron chi connectivity index (χ1n) is 6.65. The molecule has 0 unspecified atom stereocenters. The monoisotopic (exact) mass is 305 g/mol. The minimum Gasteiger partial charge on any atom is -0.465 e. The Morgan fingerprint density at radius 3 is 2.33 bits per heavy atom. The molecule has 0 atom stereocenters. The average molecular weight is 305 g/mol. The molecule has 0 radical (unpaired) electrons. The van der Waals surface area contributed by atoms with Crippen molar-refractivity contribution in [1.29, 1.82) is 0 Å². The lowest BCUT2D eigenvalue weighted by molar-refractivity contribution is -0.140. The van der Waals surface area contributed by atoms with Crippen LogP contribution in [0, 0.1) is 17.6 Å². The molecule has 1 aromatic heterocycles. The van der Waals surface area contributed by atoms with E-state index in [1.807, 2.05) is 0 Å². The molecule has 0 fully saturated rings. The normalized spacial score (nSPS) is 10.4. The highest BCUT2D eigenvalue weighted by atomic mass is 19.2. The van der Waals surface area contributed by atoms with Gasteiger partial charge in [-0.25, -0.2) is 4.39 Å². The van der Waals surface area contributed by atoms with Crippen LogP contribution in [0.25, 0.3) is 0 Å². The number of halogens is 3. The summed E-state index contributed by atoms with van der Waals surface area (Å²) in [5.41, 5.74) is -0.501. The number of rotatable bonds is 7. The molecule has 0 spiro atoms. The van der Waals surface area contributed by atoms with Crippen LogP contribution in [0.5, 0.6) is 0 Å². The number of esters is 1. The zero-order chi connectivity index (χ0) is 16.0. The molecular formula is C13H18F3N3O2. The van der Waals surface area contributed by atoms with Gasteiger partial charge in [0.2, 0.25) is 5.82 Å². The molecule has 1 N–H and O–H groups in total. The molecule has 0 bridgehead atoms. The number of carbonyl (C=O) groups is 1. The summed E-state index contributed by atoms with van der Waals surface area (Å²) in [5, 5.41) is 2.32. The minimum atomic E-state index is -1.43. The van der Waals surface area contributed by atoms with Gasteiger partial charge in [0.1, 0.15) is 12.2 Å². The second-order valence-electron chi connectivity index (χ2n) is 4.06. The van der Waals surface area contributed by atoms with Crippen LogP contribution in [0.1, 0.15) is 20.8 Å². The van der Waals surface area contributed by atoms with Gasteiger partial charge >= 0.3 is 5.97 Å². The second-order valence-corrected chi connectivity index (χ2v) is 4.06. The first-order valence-corrected chi connectivity index (χ1v) is 6.65. The van der Waals surface area contributed by atoms with E-state index in [1.54, 1.807) is 20.8 Å². The third kappa shape index (κ3) is 3.99. The van der Waals surface area contributed by atoms with Crippen molar-refractivity contribution in [2.45, 2.75) is 20.8 Å². The molecule has 0 aliphatic heterocycles. The second kappa shape index (κ2) is 7.70. The average Bonchev–Trinajstić information content (AvgIpc) is 2.46. The van der Waals surface area contributed by atoms with Crippen molar-refractivity contribution in [2.75, 3.05) is 36.5 Å². The summed E-state index contributed by atoms with van der Waals surface area (Å²) in [6.07, 6.45) is 0. The molecule has 0 amide bonds. The molecule has 0 saturated heterocycles. The van der Waals surface area contributed by atoms with Crippen LogP contribution in [0.15, 0.2) is 0 Å². The van der Waals surface area contributed by atoms with Gasteiger partial charge in [0.25, 0.3) is 5.95 Å². The highest BCUT2D eigenvalue weighted by Crippen LogP contribution is 2.29. The van der Waals surface area contributed by atoms with Crippen molar-refractivity contribution < 1.29 is 22.7 Å². The fourth-order valence-corrected chi connectivity index (χ4v) is 1.81. The van der Waals surface area contributed by atoms with Gasteiger partial charge in [-0.3, -0.25) is 4.79 Å². The van der Waals surface area contributed by atoms with Gasteiger partial charge in [-0.15, -0.1) is 0 Å². The highest BCUT2D eigenvalue weighted by molar-refractivity contribution is 5.75. The smallest absolute Gasteiger partial charge is 0.325 e. The van der Waals surface area contributed by atoms with Crippen LogP contribution in [0.3, 0.4) is 0 Å². The van der Waals surface area contributed by atoms with Gasteiger partial charge in [0.15, 0.2) is 11.6 Å². The van der Waals surface area contributed by atoms with E-state index in [4.69, 9.17) is 0 Å². The molecule has 118 valence electrons. The molecule has 1 aromatic rings. The molecule has 21 heavy (non-hydrogen) atoms. The molecule has 0 aromatic carbocycles. The van der Waals surface area contributed by atoms with Gasteiger partial charge < -0.3 is 15.0 Å². The third-order valence-electron chi connectivity index (χ3n) is 2.80. The fraction of sp³-hybridized carbons (Fsp3) is 0.538. The third-order valence-corrected chi connectivity index (χ3v) is 2.80. The maximum atomic E-state index is 14.2. The maximum Gasteiger partial charge on any atom is 0.325 e. The predicted octanol–water partition coefficient (Wildman–Crippen LogP) is 2.32. The predicted molar refractivity (Wildman–Crippen MR) is 72.8 cm³/mol. The van der Waals surface area contributed by atoms with Crippen molar-refractivity contribution in [2.24, 2.45) is 0 Å². The van der Waals surface area contributed by atoms with E-state index in [1.165, 1.54) is 4.90 Å². The summed E-state index contributed by atoms with van der Waals surface area (Å²) in [6, 6.07) is 0. The van der Waals surface area contributed by atoms with Crippen molar-refractivity contribution in [1.82, 2.24) is 4.98 Å². The largest absolute Gasteiger partial charge is 0.465 e. The van der Waals surface area contributed by atoms with Crippen molar-refractivity contribution in [3.63, 3.8) is 0 Å². The van der Waals surface area contributed by atoms with Gasteiger partial charge in [0.05, 0.1) is 6.61 Å².